The predicted molar refractivity (Wildman–Crippen MR) is 51.8 cm³/mol. The van der Waals surface area contributed by atoms with E-state index in [1.54, 1.807) is 5.57 Å². The van der Waals surface area contributed by atoms with Gasteiger partial charge in [0.1, 0.15) is 0 Å². The van der Waals surface area contributed by atoms with Crippen LogP contribution in [0.3, 0.4) is 0 Å². The lowest BCUT2D eigenvalue weighted by Gasteiger charge is -2.17. The zero-order chi connectivity index (χ0) is 8.69. The van der Waals surface area contributed by atoms with Gasteiger partial charge in [-0.15, -0.1) is 0 Å². The predicted octanol–water partition coefficient (Wildman–Crippen LogP) is 2.73. The molecule has 0 fully saturated rings. The summed E-state index contributed by atoms with van der Waals surface area (Å²) in [6, 6.07) is 0.652. The molecule has 0 amide bonds. The minimum absolute atomic E-state index is 0.652. The molecule has 0 aromatic carbocycles. The van der Waals surface area contributed by atoms with Crippen LogP contribution in [0.25, 0.3) is 0 Å². The summed E-state index contributed by atoms with van der Waals surface area (Å²) in [5, 5.41) is 3.26. The lowest BCUT2D eigenvalue weighted by atomic mass is 9.97. The molecule has 1 atom stereocenters. The van der Waals surface area contributed by atoms with Gasteiger partial charge >= 0.3 is 0 Å². The fourth-order valence-electron chi connectivity index (χ4n) is 1.34. The van der Waals surface area contributed by atoms with Crippen LogP contribution in [-0.2, 0) is 0 Å². The maximum atomic E-state index is 3.26. The average Bonchev–Trinajstić information content (AvgIpc) is 2.08. The molecule has 1 nitrogen and oxygen atoms in total. The highest BCUT2D eigenvalue weighted by atomic mass is 14.9. The van der Waals surface area contributed by atoms with E-state index >= 15 is 0 Å². The molecular weight excluding hydrogens is 134 g/mol. The van der Waals surface area contributed by atoms with Crippen molar-refractivity contribution in [2.75, 3.05) is 7.05 Å². The summed E-state index contributed by atoms with van der Waals surface area (Å²) < 4.78 is 0. The lowest BCUT2D eigenvalue weighted by molar-refractivity contribution is 0.554. The van der Waals surface area contributed by atoms with E-state index in [0.29, 0.717) is 6.04 Å². The summed E-state index contributed by atoms with van der Waals surface area (Å²) in [6.07, 6.45) is 6.31. The maximum Gasteiger partial charge on any atom is 0.0249 e. The number of nitrogens with one attached hydrogen (secondary N) is 1. The highest BCUT2D eigenvalue weighted by Crippen LogP contribution is 2.16. The standard InChI is InChI=1S/C8H15N.C2H6/c1-7-4-3-5-8(6-7)9-2;1-2/h6,8-9H,3-5H2,1-2H3;1-2H3. The number of rotatable bonds is 1. The highest BCUT2D eigenvalue weighted by molar-refractivity contribution is 5.07. The zero-order valence-corrected chi connectivity index (χ0v) is 8.28. The molecule has 0 bridgehead atoms. The van der Waals surface area contributed by atoms with Crippen molar-refractivity contribution >= 4 is 0 Å². The third-order valence-electron chi connectivity index (χ3n) is 1.94. The van der Waals surface area contributed by atoms with Gasteiger partial charge in [0.05, 0.1) is 0 Å². The van der Waals surface area contributed by atoms with Crippen LogP contribution < -0.4 is 5.32 Å². The van der Waals surface area contributed by atoms with Gasteiger partial charge in [-0.1, -0.05) is 25.5 Å². The third-order valence-corrected chi connectivity index (χ3v) is 1.94. The molecule has 1 unspecified atom stereocenters. The SMILES string of the molecule is CC.CNC1C=C(C)CCC1. The number of likely N-dealkylation sites (N-methyl/N-ethyl adjacent to an activating group) is 1. The van der Waals surface area contributed by atoms with Gasteiger partial charge in [0.2, 0.25) is 0 Å². The fourth-order valence-corrected chi connectivity index (χ4v) is 1.34. The van der Waals surface area contributed by atoms with Crippen molar-refractivity contribution in [3.8, 4) is 0 Å². The average molecular weight is 155 g/mol. The van der Waals surface area contributed by atoms with Crippen LogP contribution in [0.1, 0.15) is 40.0 Å². The molecule has 1 rings (SSSR count). The van der Waals surface area contributed by atoms with E-state index in [9.17, 15) is 0 Å². The van der Waals surface area contributed by atoms with E-state index in [2.05, 4.69) is 18.3 Å². The molecule has 66 valence electrons. The summed E-state index contributed by atoms with van der Waals surface area (Å²) in [5.74, 6) is 0. The topological polar surface area (TPSA) is 12.0 Å². The Hall–Kier alpha value is -0.300. The van der Waals surface area contributed by atoms with Crippen LogP contribution in [-0.4, -0.2) is 13.1 Å². The van der Waals surface area contributed by atoms with Crippen molar-refractivity contribution in [1.29, 1.82) is 0 Å². The van der Waals surface area contributed by atoms with Gasteiger partial charge in [-0.05, 0) is 33.2 Å². The minimum atomic E-state index is 0.652. The second kappa shape index (κ2) is 6.41. The van der Waals surface area contributed by atoms with Gasteiger partial charge in [0.25, 0.3) is 0 Å². The number of hydrogen-bond acceptors (Lipinski definition) is 1. The number of allylic oxidation sites excluding steroid dienone is 1. The van der Waals surface area contributed by atoms with E-state index in [4.69, 9.17) is 0 Å². The molecule has 1 aliphatic carbocycles. The van der Waals surface area contributed by atoms with Gasteiger partial charge in [-0.2, -0.15) is 0 Å². The van der Waals surface area contributed by atoms with Crippen molar-refractivity contribution in [3.63, 3.8) is 0 Å². The smallest absolute Gasteiger partial charge is 0.0249 e. The van der Waals surface area contributed by atoms with Gasteiger partial charge in [0, 0.05) is 6.04 Å². The first-order valence-electron chi connectivity index (χ1n) is 4.67. The van der Waals surface area contributed by atoms with Crippen molar-refractivity contribution in [2.24, 2.45) is 0 Å². The van der Waals surface area contributed by atoms with Gasteiger partial charge < -0.3 is 5.32 Å². The summed E-state index contributed by atoms with van der Waals surface area (Å²) in [7, 11) is 2.03. The second-order valence-electron chi connectivity index (χ2n) is 2.80. The summed E-state index contributed by atoms with van der Waals surface area (Å²) >= 11 is 0. The Morgan fingerprint density at radius 1 is 1.45 bits per heavy atom. The largest absolute Gasteiger partial charge is 0.314 e. The Morgan fingerprint density at radius 2 is 2.09 bits per heavy atom. The molecule has 1 aliphatic rings. The molecule has 0 heterocycles. The molecule has 0 radical (unpaired) electrons. The lowest BCUT2D eigenvalue weighted by Crippen LogP contribution is -2.24. The molecule has 11 heavy (non-hydrogen) atoms. The van der Waals surface area contributed by atoms with Crippen molar-refractivity contribution in [2.45, 2.75) is 46.1 Å². The van der Waals surface area contributed by atoms with Gasteiger partial charge in [0.15, 0.2) is 0 Å². The third kappa shape index (κ3) is 4.20. The van der Waals surface area contributed by atoms with Gasteiger partial charge in [-0.25, -0.2) is 0 Å². The van der Waals surface area contributed by atoms with Crippen LogP contribution >= 0.6 is 0 Å². The summed E-state index contributed by atoms with van der Waals surface area (Å²) in [6.45, 7) is 6.21. The van der Waals surface area contributed by atoms with Crippen LogP contribution in [0.4, 0.5) is 0 Å². The number of hydrogen-bond donors (Lipinski definition) is 1. The fraction of sp³-hybridized carbons (Fsp3) is 0.800. The molecule has 0 aliphatic heterocycles. The van der Waals surface area contributed by atoms with Crippen LogP contribution in [0.5, 0.6) is 0 Å². The van der Waals surface area contributed by atoms with E-state index < -0.39 is 0 Å². The first-order valence-corrected chi connectivity index (χ1v) is 4.67. The quantitative estimate of drug-likeness (QED) is 0.574. The molecule has 0 saturated carbocycles. The van der Waals surface area contributed by atoms with Crippen molar-refractivity contribution in [3.05, 3.63) is 11.6 Å². The van der Waals surface area contributed by atoms with E-state index in [0.717, 1.165) is 0 Å². The van der Waals surface area contributed by atoms with Crippen molar-refractivity contribution in [1.82, 2.24) is 5.32 Å². The summed E-state index contributed by atoms with van der Waals surface area (Å²) in [4.78, 5) is 0. The Bertz CT molecular complexity index is 116. The maximum absolute atomic E-state index is 3.26. The molecule has 0 aromatic heterocycles. The summed E-state index contributed by atoms with van der Waals surface area (Å²) in [5.41, 5.74) is 1.54. The van der Waals surface area contributed by atoms with Crippen LogP contribution in [0.2, 0.25) is 0 Å². The molecular formula is C10H21N. The molecule has 0 spiro atoms. The first kappa shape index (κ1) is 10.7. The van der Waals surface area contributed by atoms with Crippen molar-refractivity contribution < 1.29 is 0 Å². The first-order chi connectivity index (χ1) is 5.33. The molecule has 0 saturated heterocycles. The Morgan fingerprint density at radius 3 is 2.45 bits per heavy atom. The zero-order valence-electron chi connectivity index (χ0n) is 8.28. The minimum Gasteiger partial charge on any atom is -0.314 e. The second-order valence-corrected chi connectivity index (χ2v) is 2.80. The Balaban J connectivity index is 0.000000461. The molecule has 0 aromatic rings. The highest BCUT2D eigenvalue weighted by Gasteiger charge is 2.07. The van der Waals surface area contributed by atoms with E-state index in [1.807, 2.05) is 20.9 Å². The Labute approximate surface area is 70.9 Å². The normalized spacial score (nSPS) is 23.3. The van der Waals surface area contributed by atoms with E-state index in [1.165, 1.54) is 19.3 Å². The Kier molecular flexibility index (Phi) is 6.24. The van der Waals surface area contributed by atoms with Crippen LogP contribution in [0, 0.1) is 0 Å². The molecule has 1 heteroatoms. The van der Waals surface area contributed by atoms with Gasteiger partial charge in [-0.3, -0.25) is 0 Å². The monoisotopic (exact) mass is 155 g/mol. The van der Waals surface area contributed by atoms with Crippen LogP contribution in [0.15, 0.2) is 11.6 Å². The molecule has 1 N–H and O–H groups in total. The van der Waals surface area contributed by atoms with E-state index in [-0.39, 0.29) is 0 Å².